The lowest BCUT2D eigenvalue weighted by Gasteiger charge is -2.37. The second-order valence-corrected chi connectivity index (χ2v) is 6.58. The zero-order chi connectivity index (χ0) is 15.7. The summed E-state index contributed by atoms with van der Waals surface area (Å²) in [5, 5.41) is 13.7. The summed E-state index contributed by atoms with van der Waals surface area (Å²) < 4.78 is 0. The van der Waals surface area contributed by atoms with Gasteiger partial charge in [0.2, 0.25) is 5.91 Å². The molecule has 0 bridgehead atoms. The van der Waals surface area contributed by atoms with E-state index in [4.69, 9.17) is 23.2 Å². The highest BCUT2D eigenvalue weighted by molar-refractivity contribution is 6.42. The highest BCUT2D eigenvalue weighted by Crippen LogP contribution is 2.27. The number of piperazine rings is 1. The van der Waals surface area contributed by atoms with Crippen molar-refractivity contribution in [3.8, 4) is 0 Å². The molecule has 2 N–H and O–H groups in total. The quantitative estimate of drug-likeness (QED) is 0.821. The molecule has 1 aromatic carbocycles. The van der Waals surface area contributed by atoms with E-state index in [0.717, 1.165) is 18.8 Å². The van der Waals surface area contributed by atoms with E-state index in [2.05, 4.69) is 10.2 Å². The van der Waals surface area contributed by atoms with E-state index in [1.807, 2.05) is 17.0 Å². The number of nitrogens with zero attached hydrogens (tertiary/aromatic N) is 2. The molecular weight excluding hydrogens is 361 g/mol. The number of aliphatic hydroxyl groups excluding tert-OH is 1. The topological polar surface area (TPSA) is 55.8 Å². The van der Waals surface area contributed by atoms with Gasteiger partial charge in [0.15, 0.2) is 0 Å². The van der Waals surface area contributed by atoms with Crippen LogP contribution >= 0.6 is 35.6 Å². The Hall–Kier alpha value is -0.720. The summed E-state index contributed by atoms with van der Waals surface area (Å²) in [5.74, 6) is 0.0883. The van der Waals surface area contributed by atoms with Crippen LogP contribution < -0.4 is 10.2 Å². The van der Waals surface area contributed by atoms with Crippen molar-refractivity contribution in [2.45, 2.75) is 18.6 Å². The number of β-amino-alcohol motifs (C(OH)–C–C–N with tert-alkyl or cyclic N) is 1. The van der Waals surface area contributed by atoms with Crippen LogP contribution in [0.5, 0.6) is 0 Å². The molecule has 5 nitrogen and oxygen atoms in total. The molecule has 2 saturated heterocycles. The van der Waals surface area contributed by atoms with Gasteiger partial charge in [0, 0.05) is 38.4 Å². The van der Waals surface area contributed by atoms with Gasteiger partial charge in [-0.15, -0.1) is 12.4 Å². The molecule has 3 rings (SSSR count). The Morgan fingerprint density at radius 3 is 2.43 bits per heavy atom. The molecule has 2 aliphatic heterocycles. The summed E-state index contributed by atoms with van der Waals surface area (Å²) in [7, 11) is 0. The van der Waals surface area contributed by atoms with Gasteiger partial charge >= 0.3 is 0 Å². The van der Waals surface area contributed by atoms with Gasteiger partial charge in [-0.25, -0.2) is 0 Å². The Kier molecular flexibility index (Phi) is 6.40. The first-order valence-corrected chi connectivity index (χ1v) is 8.20. The average molecular weight is 381 g/mol. The number of anilines is 1. The van der Waals surface area contributed by atoms with E-state index in [-0.39, 0.29) is 24.4 Å². The zero-order valence-electron chi connectivity index (χ0n) is 12.5. The van der Waals surface area contributed by atoms with E-state index >= 15 is 0 Å². The summed E-state index contributed by atoms with van der Waals surface area (Å²) in [6, 6.07) is 5.35. The Morgan fingerprint density at radius 2 is 1.87 bits per heavy atom. The first kappa shape index (κ1) is 18.6. The molecule has 2 fully saturated rings. The molecule has 0 radical (unpaired) electrons. The van der Waals surface area contributed by atoms with Crippen LogP contribution in [-0.4, -0.2) is 60.8 Å². The fourth-order valence-corrected chi connectivity index (χ4v) is 3.28. The van der Waals surface area contributed by atoms with Gasteiger partial charge in [-0.2, -0.15) is 0 Å². The maximum absolute atomic E-state index is 12.4. The van der Waals surface area contributed by atoms with Crippen molar-refractivity contribution in [1.82, 2.24) is 10.2 Å². The van der Waals surface area contributed by atoms with Crippen LogP contribution in [0.1, 0.15) is 6.42 Å². The van der Waals surface area contributed by atoms with Crippen LogP contribution in [0, 0.1) is 0 Å². The molecule has 128 valence electrons. The number of nitrogens with one attached hydrogen (secondary N) is 1. The minimum absolute atomic E-state index is 0. The van der Waals surface area contributed by atoms with E-state index in [1.54, 1.807) is 6.07 Å². The van der Waals surface area contributed by atoms with E-state index in [0.29, 0.717) is 36.1 Å². The van der Waals surface area contributed by atoms with Crippen molar-refractivity contribution < 1.29 is 9.90 Å². The lowest BCUT2D eigenvalue weighted by atomic mass is 10.1. The number of rotatable bonds is 2. The number of halogens is 3. The van der Waals surface area contributed by atoms with Gasteiger partial charge in [0.05, 0.1) is 22.2 Å². The molecule has 1 amide bonds. The number of hydrogen-bond acceptors (Lipinski definition) is 4. The molecule has 2 atom stereocenters. The smallest absolute Gasteiger partial charge is 0.239 e. The second-order valence-electron chi connectivity index (χ2n) is 5.76. The van der Waals surface area contributed by atoms with E-state index in [1.165, 1.54) is 0 Å². The molecule has 1 aromatic rings. The molecule has 2 aliphatic rings. The van der Waals surface area contributed by atoms with Crippen molar-refractivity contribution in [1.29, 1.82) is 0 Å². The standard InChI is InChI=1S/C15H19Cl2N3O2.ClH/c16-12-2-1-10(7-13(12)17)19-3-5-20(6-4-19)15(22)14-8-11(21)9-18-14;/h1-2,7,11,14,18,21H,3-6,8-9H2;1H/t11-,14+;/m1./s1. The Balaban J connectivity index is 0.00000192. The van der Waals surface area contributed by atoms with Crippen molar-refractivity contribution >= 4 is 47.2 Å². The van der Waals surface area contributed by atoms with Gasteiger partial charge in [-0.3, -0.25) is 4.79 Å². The predicted octanol–water partition coefficient (Wildman–Crippen LogP) is 1.79. The molecule has 0 unspecified atom stereocenters. The lowest BCUT2D eigenvalue weighted by molar-refractivity contribution is -0.133. The van der Waals surface area contributed by atoms with Crippen molar-refractivity contribution in [3.63, 3.8) is 0 Å². The zero-order valence-corrected chi connectivity index (χ0v) is 14.9. The first-order valence-electron chi connectivity index (χ1n) is 7.45. The Bertz CT molecular complexity index is 565. The van der Waals surface area contributed by atoms with Gasteiger partial charge in [0.25, 0.3) is 0 Å². The highest BCUT2D eigenvalue weighted by atomic mass is 35.5. The number of hydrogen-bond donors (Lipinski definition) is 2. The fourth-order valence-electron chi connectivity index (χ4n) is 2.99. The molecule has 0 spiro atoms. The molecular formula is C15H20Cl3N3O2. The van der Waals surface area contributed by atoms with Crippen LogP contribution in [0.15, 0.2) is 18.2 Å². The number of carbonyl (C=O) groups is 1. The van der Waals surface area contributed by atoms with Crippen molar-refractivity contribution in [2.75, 3.05) is 37.6 Å². The third-order valence-electron chi connectivity index (χ3n) is 4.27. The average Bonchev–Trinajstić information content (AvgIpc) is 2.96. The van der Waals surface area contributed by atoms with Crippen molar-refractivity contribution in [3.05, 3.63) is 28.2 Å². The minimum Gasteiger partial charge on any atom is -0.392 e. The molecule has 0 saturated carbocycles. The summed E-state index contributed by atoms with van der Waals surface area (Å²) in [5.41, 5.74) is 1.02. The third-order valence-corrected chi connectivity index (χ3v) is 5.00. The summed E-state index contributed by atoms with van der Waals surface area (Å²) in [4.78, 5) is 16.4. The normalized spacial score (nSPS) is 24.5. The van der Waals surface area contributed by atoms with Crippen LogP contribution in [0.3, 0.4) is 0 Å². The first-order chi connectivity index (χ1) is 10.5. The maximum atomic E-state index is 12.4. The van der Waals surface area contributed by atoms with E-state index in [9.17, 15) is 9.90 Å². The number of amides is 1. The SMILES string of the molecule is Cl.O=C([C@@H]1C[C@@H](O)CN1)N1CCN(c2ccc(Cl)c(Cl)c2)CC1. The number of aliphatic hydroxyl groups is 1. The Morgan fingerprint density at radius 1 is 1.17 bits per heavy atom. The summed E-state index contributed by atoms with van der Waals surface area (Å²) >= 11 is 12.0. The second kappa shape index (κ2) is 7.90. The largest absolute Gasteiger partial charge is 0.392 e. The number of benzene rings is 1. The maximum Gasteiger partial charge on any atom is 0.239 e. The molecule has 8 heteroatoms. The van der Waals surface area contributed by atoms with Crippen LogP contribution in [0.4, 0.5) is 5.69 Å². The van der Waals surface area contributed by atoms with Gasteiger partial charge in [-0.05, 0) is 24.6 Å². The van der Waals surface area contributed by atoms with E-state index < -0.39 is 6.10 Å². The number of carbonyl (C=O) groups excluding carboxylic acids is 1. The highest BCUT2D eigenvalue weighted by Gasteiger charge is 2.32. The fraction of sp³-hybridized carbons (Fsp3) is 0.533. The molecule has 0 aromatic heterocycles. The third kappa shape index (κ3) is 4.22. The summed E-state index contributed by atoms with van der Waals surface area (Å²) in [6.07, 6.45) is 0.0951. The Labute approximate surface area is 151 Å². The lowest BCUT2D eigenvalue weighted by Crippen LogP contribution is -2.53. The summed E-state index contributed by atoms with van der Waals surface area (Å²) in [6.45, 7) is 3.37. The van der Waals surface area contributed by atoms with Crippen LogP contribution in [-0.2, 0) is 4.79 Å². The van der Waals surface area contributed by atoms with Gasteiger partial charge in [-0.1, -0.05) is 23.2 Å². The monoisotopic (exact) mass is 379 g/mol. The molecule has 0 aliphatic carbocycles. The molecule has 23 heavy (non-hydrogen) atoms. The van der Waals surface area contributed by atoms with Gasteiger partial charge in [0.1, 0.15) is 0 Å². The predicted molar refractivity (Wildman–Crippen MR) is 94.9 cm³/mol. The van der Waals surface area contributed by atoms with Crippen LogP contribution in [0.25, 0.3) is 0 Å². The molecule has 2 heterocycles. The van der Waals surface area contributed by atoms with Gasteiger partial charge < -0.3 is 20.2 Å². The minimum atomic E-state index is -0.411. The van der Waals surface area contributed by atoms with Crippen LogP contribution in [0.2, 0.25) is 10.0 Å². The van der Waals surface area contributed by atoms with Crippen molar-refractivity contribution in [2.24, 2.45) is 0 Å².